The highest BCUT2D eigenvalue weighted by Gasteiger charge is 2.23. The van der Waals surface area contributed by atoms with Crippen LogP contribution in [0.25, 0.3) is 0 Å². The van der Waals surface area contributed by atoms with Crippen LogP contribution in [0.3, 0.4) is 0 Å². The number of aromatic nitrogens is 1. The molecule has 1 aliphatic heterocycles. The molecule has 6 nitrogen and oxygen atoms in total. The molecule has 0 radical (unpaired) electrons. The second-order valence-corrected chi connectivity index (χ2v) is 6.85. The molecule has 1 saturated heterocycles. The predicted molar refractivity (Wildman–Crippen MR) is 101 cm³/mol. The monoisotopic (exact) mass is 370 g/mol. The minimum absolute atomic E-state index is 0.0106. The van der Waals surface area contributed by atoms with Gasteiger partial charge in [0.05, 0.1) is 11.1 Å². The predicted octanol–water partition coefficient (Wildman–Crippen LogP) is 2.32. The summed E-state index contributed by atoms with van der Waals surface area (Å²) >= 11 is 0. The fraction of sp³-hybridized carbons (Fsp3) is 0.350. The molecule has 0 bridgehead atoms. The summed E-state index contributed by atoms with van der Waals surface area (Å²) in [6, 6.07) is 7.95. The SMILES string of the molecule is CC(C)NC(=O)c1cncc(C(=O)N2CCN(c3ccc(F)cc3)CC2)c1. The lowest BCUT2D eigenvalue weighted by Gasteiger charge is -2.36. The molecule has 27 heavy (non-hydrogen) atoms. The quantitative estimate of drug-likeness (QED) is 0.897. The summed E-state index contributed by atoms with van der Waals surface area (Å²) in [5.41, 5.74) is 1.72. The first-order valence-electron chi connectivity index (χ1n) is 9.00. The number of pyridine rings is 1. The number of carbonyl (C=O) groups excluding carboxylic acids is 2. The Morgan fingerprint density at radius 3 is 2.30 bits per heavy atom. The summed E-state index contributed by atoms with van der Waals surface area (Å²) in [5.74, 6) is -0.643. The number of hydrogen-bond acceptors (Lipinski definition) is 4. The van der Waals surface area contributed by atoms with E-state index >= 15 is 0 Å². The first kappa shape index (κ1) is 18.8. The zero-order valence-electron chi connectivity index (χ0n) is 15.5. The highest BCUT2D eigenvalue weighted by molar-refractivity contribution is 5.99. The van der Waals surface area contributed by atoms with E-state index in [0.717, 1.165) is 5.69 Å². The maximum absolute atomic E-state index is 13.1. The van der Waals surface area contributed by atoms with Crippen molar-refractivity contribution >= 4 is 17.5 Å². The molecule has 0 unspecified atom stereocenters. The lowest BCUT2D eigenvalue weighted by atomic mass is 10.1. The topological polar surface area (TPSA) is 65.5 Å². The summed E-state index contributed by atoms with van der Waals surface area (Å²) in [5, 5.41) is 2.80. The Morgan fingerprint density at radius 2 is 1.67 bits per heavy atom. The standard InChI is InChI=1S/C20H23FN4O2/c1-14(2)23-19(26)15-11-16(13-22-12-15)20(27)25-9-7-24(8-10-25)18-5-3-17(21)4-6-18/h3-6,11-14H,7-10H2,1-2H3,(H,23,26). The van der Waals surface area contributed by atoms with Gasteiger partial charge in [-0.3, -0.25) is 14.6 Å². The summed E-state index contributed by atoms with van der Waals surface area (Å²) in [7, 11) is 0. The Kier molecular flexibility index (Phi) is 5.69. The number of carbonyl (C=O) groups is 2. The summed E-state index contributed by atoms with van der Waals surface area (Å²) in [6.07, 6.45) is 2.95. The first-order valence-corrected chi connectivity index (χ1v) is 9.00. The number of piperazine rings is 1. The van der Waals surface area contributed by atoms with Crippen LogP contribution in [-0.2, 0) is 0 Å². The van der Waals surface area contributed by atoms with E-state index in [1.165, 1.54) is 24.5 Å². The van der Waals surface area contributed by atoms with Gasteiger partial charge in [0.15, 0.2) is 0 Å². The molecule has 0 aliphatic carbocycles. The van der Waals surface area contributed by atoms with Crippen LogP contribution in [0.1, 0.15) is 34.6 Å². The van der Waals surface area contributed by atoms with Crippen molar-refractivity contribution in [3.63, 3.8) is 0 Å². The van der Waals surface area contributed by atoms with Crippen molar-refractivity contribution in [3.05, 3.63) is 59.7 Å². The molecule has 2 amide bonds. The molecule has 0 atom stereocenters. The van der Waals surface area contributed by atoms with E-state index in [-0.39, 0.29) is 23.7 Å². The minimum Gasteiger partial charge on any atom is -0.368 e. The Bertz CT molecular complexity index is 815. The number of nitrogens with zero attached hydrogens (tertiary/aromatic N) is 3. The van der Waals surface area contributed by atoms with Crippen LogP contribution < -0.4 is 10.2 Å². The van der Waals surface area contributed by atoms with Crippen LogP contribution in [0.2, 0.25) is 0 Å². The number of anilines is 1. The van der Waals surface area contributed by atoms with E-state index in [0.29, 0.717) is 37.3 Å². The third-order valence-electron chi connectivity index (χ3n) is 4.43. The van der Waals surface area contributed by atoms with Gasteiger partial charge in [-0.05, 0) is 44.2 Å². The van der Waals surface area contributed by atoms with Crippen molar-refractivity contribution in [2.45, 2.75) is 19.9 Å². The van der Waals surface area contributed by atoms with Gasteiger partial charge < -0.3 is 15.1 Å². The number of amides is 2. The van der Waals surface area contributed by atoms with Gasteiger partial charge in [-0.2, -0.15) is 0 Å². The van der Waals surface area contributed by atoms with Gasteiger partial charge in [0.25, 0.3) is 11.8 Å². The highest BCUT2D eigenvalue weighted by atomic mass is 19.1. The zero-order valence-corrected chi connectivity index (χ0v) is 15.5. The van der Waals surface area contributed by atoms with Gasteiger partial charge in [-0.15, -0.1) is 0 Å². The molecule has 1 fully saturated rings. The average molecular weight is 370 g/mol. The number of rotatable bonds is 4. The fourth-order valence-corrected chi connectivity index (χ4v) is 3.03. The van der Waals surface area contributed by atoms with Gasteiger partial charge >= 0.3 is 0 Å². The molecule has 3 rings (SSSR count). The van der Waals surface area contributed by atoms with Crippen molar-refractivity contribution in [3.8, 4) is 0 Å². The van der Waals surface area contributed by atoms with Crippen molar-refractivity contribution in [2.24, 2.45) is 0 Å². The Labute approximate surface area is 158 Å². The van der Waals surface area contributed by atoms with Crippen LogP contribution in [0, 0.1) is 5.82 Å². The molecule has 1 aliphatic rings. The van der Waals surface area contributed by atoms with Crippen molar-refractivity contribution in [2.75, 3.05) is 31.1 Å². The van der Waals surface area contributed by atoms with Gasteiger partial charge in [0.2, 0.25) is 0 Å². The zero-order chi connectivity index (χ0) is 19.4. The third kappa shape index (κ3) is 4.61. The Balaban J connectivity index is 1.64. The van der Waals surface area contributed by atoms with Crippen LogP contribution in [-0.4, -0.2) is 53.9 Å². The second kappa shape index (κ2) is 8.16. The van der Waals surface area contributed by atoms with Crippen LogP contribution in [0.15, 0.2) is 42.7 Å². The van der Waals surface area contributed by atoms with Crippen LogP contribution >= 0.6 is 0 Å². The number of benzene rings is 1. The van der Waals surface area contributed by atoms with Crippen LogP contribution in [0.4, 0.5) is 10.1 Å². The van der Waals surface area contributed by atoms with E-state index in [2.05, 4.69) is 15.2 Å². The molecule has 142 valence electrons. The number of halogens is 1. The van der Waals surface area contributed by atoms with E-state index < -0.39 is 0 Å². The van der Waals surface area contributed by atoms with Gasteiger partial charge in [-0.25, -0.2) is 4.39 Å². The maximum Gasteiger partial charge on any atom is 0.255 e. The largest absolute Gasteiger partial charge is 0.368 e. The van der Waals surface area contributed by atoms with Crippen molar-refractivity contribution in [1.29, 1.82) is 0 Å². The molecule has 0 saturated carbocycles. The van der Waals surface area contributed by atoms with Gasteiger partial charge in [0.1, 0.15) is 5.82 Å². The third-order valence-corrected chi connectivity index (χ3v) is 4.43. The van der Waals surface area contributed by atoms with E-state index in [1.54, 1.807) is 23.1 Å². The van der Waals surface area contributed by atoms with E-state index in [4.69, 9.17) is 0 Å². The molecule has 7 heteroatoms. The number of nitrogens with one attached hydrogen (secondary N) is 1. The first-order chi connectivity index (χ1) is 12.9. The summed E-state index contributed by atoms with van der Waals surface area (Å²) in [6.45, 7) is 6.19. The van der Waals surface area contributed by atoms with Crippen molar-refractivity contribution in [1.82, 2.24) is 15.2 Å². The molecule has 1 N–H and O–H groups in total. The molecule has 2 aromatic rings. The maximum atomic E-state index is 13.1. The number of hydrogen-bond donors (Lipinski definition) is 1. The smallest absolute Gasteiger partial charge is 0.255 e. The Hall–Kier alpha value is -2.96. The van der Waals surface area contributed by atoms with Gasteiger partial charge in [0, 0.05) is 50.3 Å². The average Bonchev–Trinajstić information content (AvgIpc) is 2.68. The molecule has 0 spiro atoms. The van der Waals surface area contributed by atoms with E-state index in [9.17, 15) is 14.0 Å². The molecule has 1 aromatic carbocycles. The van der Waals surface area contributed by atoms with Crippen molar-refractivity contribution < 1.29 is 14.0 Å². The Morgan fingerprint density at radius 1 is 1.04 bits per heavy atom. The minimum atomic E-state index is -0.263. The lowest BCUT2D eigenvalue weighted by Crippen LogP contribution is -2.48. The molecule has 1 aromatic heterocycles. The summed E-state index contributed by atoms with van der Waals surface area (Å²) in [4.78, 5) is 32.8. The molecular formula is C20H23FN4O2. The normalized spacial score (nSPS) is 14.4. The fourth-order valence-electron chi connectivity index (χ4n) is 3.03. The second-order valence-electron chi connectivity index (χ2n) is 6.85. The molecular weight excluding hydrogens is 347 g/mol. The van der Waals surface area contributed by atoms with Gasteiger partial charge in [-0.1, -0.05) is 0 Å². The van der Waals surface area contributed by atoms with Crippen LogP contribution in [0.5, 0.6) is 0 Å². The van der Waals surface area contributed by atoms with E-state index in [1.807, 2.05) is 13.8 Å². The highest BCUT2D eigenvalue weighted by Crippen LogP contribution is 2.18. The molecule has 2 heterocycles. The summed E-state index contributed by atoms with van der Waals surface area (Å²) < 4.78 is 13.1. The lowest BCUT2D eigenvalue weighted by molar-refractivity contribution is 0.0746.